The zero-order valence-electron chi connectivity index (χ0n) is 10.8. The fourth-order valence-corrected chi connectivity index (χ4v) is 3.29. The molecule has 1 aliphatic heterocycles. The van der Waals surface area contributed by atoms with E-state index in [4.69, 9.17) is 0 Å². The van der Waals surface area contributed by atoms with E-state index >= 15 is 0 Å². The predicted molar refractivity (Wildman–Crippen MR) is 72.2 cm³/mol. The van der Waals surface area contributed by atoms with Gasteiger partial charge in [-0.25, -0.2) is 0 Å². The number of rotatable bonds is 1. The van der Waals surface area contributed by atoms with Gasteiger partial charge in [-0.1, -0.05) is 6.92 Å². The number of nitrogens with zero attached hydrogens (tertiary/aromatic N) is 2. The molecule has 2 atom stereocenters. The molecule has 2 rings (SSSR count). The van der Waals surface area contributed by atoms with Crippen LogP contribution in [0.5, 0.6) is 0 Å². The highest BCUT2D eigenvalue weighted by Crippen LogP contribution is 2.31. The maximum atomic E-state index is 4.41. The summed E-state index contributed by atoms with van der Waals surface area (Å²) in [5.74, 6) is 3.13. The van der Waals surface area contributed by atoms with E-state index in [1.807, 2.05) is 7.05 Å². The molecule has 0 amide bonds. The minimum atomic E-state index is 0.352. The Labute approximate surface area is 103 Å². The highest BCUT2D eigenvalue weighted by molar-refractivity contribution is 8.00. The van der Waals surface area contributed by atoms with Gasteiger partial charge in [-0.15, -0.1) is 0 Å². The van der Waals surface area contributed by atoms with E-state index in [9.17, 15) is 0 Å². The van der Waals surface area contributed by atoms with Crippen LogP contribution in [-0.2, 0) is 0 Å². The Morgan fingerprint density at radius 2 is 2.19 bits per heavy atom. The summed E-state index contributed by atoms with van der Waals surface area (Å²) >= 11 is 2.06. The van der Waals surface area contributed by atoms with Crippen LogP contribution >= 0.6 is 11.8 Å². The Bertz CT molecular complexity index is 288. The van der Waals surface area contributed by atoms with Crippen LogP contribution in [0.4, 0.5) is 0 Å². The first kappa shape index (κ1) is 12.1. The molecule has 2 fully saturated rings. The van der Waals surface area contributed by atoms with E-state index in [0.29, 0.717) is 10.8 Å². The largest absolute Gasteiger partial charge is 0.353 e. The van der Waals surface area contributed by atoms with Crippen molar-refractivity contribution in [2.24, 2.45) is 10.9 Å². The average molecular weight is 241 g/mol. The molecule has 0 spiro atoms. The summed E-state index contributed by atoms with van der Waals surface area (Å²) in [6.45, 7) is 9.14. The molecule has 1 N–H and O–H groups in total. The summed E-state index contributed by atoms with van der Waals surface area (Å²) in [5, 5.41) is 3.56. The molecular formula is C12H23N3S. The van der Waals surface area contributed by atoms with Crippen LogP contribution in [0.3, 0.4) is 0 Å². The van der Waals surface area contributed by atoms with E-state index in [1.54, 1.807) is 0 Å². The molecule has 4 heteroatoms. The molecule has 1 aliphatic carbocycles. The van der Waals surface area contributed by atoms with E-state index in [2.05, 4.69) is 47.7 Å². The third-order valence-electron chi connectivity index (χ3n) is 3.36. The van der Waals surface area contributed by atoms with Gasteiger partial charge >= 0.3 is 0 Å². The van der Waals surface area contributed by atoms with Crippen LogP contribution in [-0.4, -0.2) is 47.5 Å². The van der Waals surface area contributed by atoms with Crippen molar-refractivity contribution in [3.8, 4) is 0 Å². The normalized spacial score (nSPS) is 33.8. The first-order valence-corrected chi connectivity index (χ1v) is 7.12. The second-order valence-corrected chi connectivity index (χ2v) is 7.34. The lowest BCUT2D eigenvalue weighted by molar-refractivity contribution is 0.375. The molecule has 0 aromatic rings. The van der Waals surface area contributed by atoms with Crippen molar-refractivity contribution in [3.63, 3.8) is 0 Å². The Morgan fingerprint density at radius 3 is 2.69 bits per heavy atom. The molecule has 0 aromatic heterocycles. The van der Waals surface area contributed by atoms with Gasteiger partial charge in [-0.05, 0) is 26.2 Å². The van der Waals surface area contributed by atoms with Crippen LogP contribution in [0.2, 0.25) is 0 Å². The number of nitrogens with one attached hydrogen (secondary N) is 1. The summed E-state index contributed by atoms with van der Waals surface area (Å²) < 4.78 is 0.352. The maximum absolute atomic E-state index is 4.41. The number of hydrogen-bond donors (Lipinski definition) is 1. The van der Waals surface area contributed by atoms with Gasteiger partial charge in [0.25, 0.3) is 0 Å². The van der Waals surface area contributed by atoms with Gasteiger partial charge in [0.05, 0.1) is 0 Å². The maximum Gasteiger partial charge on any atom is 0.193 e. The Kier molecular flexibility index (Phi) is 3.38. The number of guanidine groups is 1. The molecule has 0 bridgehead atoms. The molecular weight excluding hydrogens is 218 g/mol. The summed E-state index contributed by atoms with van der Waals surface area (Å²) in [6.07, 6.45) is 1.30. The second-order valence-electron chi connectivity index (χ2n) is 5.54. The van der Waals surface area contributed by atoms with Crippen molar-refractivity contribution in [3.05, 3.63) is 0 Å². The lowest BCUT2D eigenvalue weighted by Crippen LogP contribution is -2.51. The average Bonchev–Trinajstić information content (AvgIpc) is 2.89. The quantitative estimate of drug-likeness (QED) is 0.560. The summed E-state index contributed by atoms with van der Waals surface area (Å²) in [6, 6.07) is 0.663. The molecule has 0 radical (unpaired) electrons. The molecule has 1 heterocycles. The van der Waals surface area contributed by atoms with Crippen molar-refractivity contribution < 1.29 is 0 Å². The fraction of sp³-hybridized carbons (Fsp3) is 0.917. The minimum absolute atomic E-state index is 0.352. The number of hydrogen-bond acceptors (Lipinski definition) is 2. The first-order chi connectivity index (χ1) is 7.52. The zero-order valence-corrected chi connectivity index (χ0v) is 11.6. The van der Waals surface area contributed by atoms with Gasteiger partial charge in [0, 0.05) is 36.7 Å². The van der Waals surface area contributed by atoms with E-state index < -0.39 is 0 Å². The molecule has 1 saturated heterocycles. The monoisotopic (exact) mass is 241 g/mol. The smallest absolute Gasteiger partial charge is 0.193 e. The molecule has 2 unspecified atom stereocenters. The lowest BCUT2D eigenvalue weighted by atomic mass is 10.2. The van der Waals surface area contributed by atoms with Crippen LogP contribution in [0, 0.1) is 5.92 Å². The molecule has 16 heavy (non-hydrogen) atoms. The van der Waals surface area contributed by atoms with Gasteiger partial charge in [0.1, 0.15) is 0 Å². The van der Waals surface area contributed by atoms with Gasteiger partial charge in [0.2, 0.25) is 0 Å². The third-order valence-corrected chi connectivity index (χ3v) is 4.66. The van der Waals surface area contributed by atoms with Crippen molar-refractivity contribution in [1.82, 2.24) is 10.2 Å². The molecule has 92 valence electrons. The zero-order chi connectivity index (χ0) is 11.8. The standard InChI is InChI=1S/C12H23N3S/c1-9-7-10(9)14-11(13-4)15-5-6-16-12(2,3)8-15/h9-10H,5-8H2,1-4H3,(H,13,14). The van der Waals surface area contributed by atoms with Crippen LogP contribution in [0.25, 0.3) is 0 Å². The van der Waals surface area contributed by atoms with Gasteiger partial charge in [-0.2, -0.15) is 11.8 Å². The van der Waals surface area contributed by atoms with Gasteiger partial charge in [0.15, 0.2) is 5.96 Å². The van der Waals surface area contributed by atoms with Crippen molar-refractivity contribution >= 4 is 17.7 Å². The Balaban J connectivity index is 1.93. The van der Waals surface area contributed by atoms with Crippen LogP contribution in [0.15, 0.2) is 4.99 Å². The topological polar surface area (TPSA) is 27.6 Å². The highest BCUT2D eigenvalue weighted by Gasteiger charge is 2.35. The second kappa shape index (κ2) is 4.47. The molecule has 3 nitrogen and oxygen atoms in total. The molecule has 0 aromatic carbocycles. The van der Waals surface area contributed by atoms with E-state index in [0.717, 1.165) is 25.0 Å². The van der Waals surface area contributed by atoms with Crippen molar-refractivity contribution in [2.45, 2.75) is 38.0 Å². The van der Waals surface area contributed by atoms with E-state index in [1.165, 1.54) is 12.2 Å². The predicted octanol–water partition coefficient (Wildman–Crippen LogP) is 1.80. The summed E-state index contributed by atoms with van der Waals surface area (Å²) in [5.41, 5.74) is 0. The molecule has 2 aliphatic rings. The highest BCUT2D eigenvalue weighted by atomic mass is 32.2. The van der Waals surface area contributed by atoms with Crippen molar-refractivity contribution in [2.75, 3.05) is 25.9 Å². The number of thioether (sulfide) groups is 1. The summed E-state index contributed by atoms with van der Waals surface area (Å²) in [7, 11) is 1.89. The van der Waals surface area contributed by atoms with Crippen LogP contribution < -0.4 is 5.32 Å². The van der Waals surface area contributed by atoms with Crippen molar-refractivity contribution in [1.29, 1.82) is 0 Å². The van der Waals surface area contributed by atoms with Crippen LogP contribution in [0.1, 0.15) is 27.2 Å². The fourth-order valence-electron chi connectivity index (χ4n) is 2.18. The molecule has 1 saturated carbocycles. The van der Waals surface area contributed by atoms with E-state index in [-0.39, 0.29) is 0 Å². The third kappa shape index (κ3) is 2.84. The first-order valence-electron chi connectivity index (χ1n) is 6.14. The van der Waals surface area contributed by atoms with Gasteiger partial charge < -0.3 is 10.2 Å². The SMILES string of the molecule is CN=C(NC1CC1C)N1CCSC(C)(C)C1. The summed E-state index contributed by atoms with van der Waals surface area (Å²) in [4.78, 5) is 6.82. The Morgan fingerprint density at radius 1 is 1.50 bits per heavy atom. The van der Waals surface area contributed by atoms with Gasteiger partial charge in [-0.3, -0.25) is 4.99 Å². The lowest BCUT2D eigenvalue weighted by Gasteiger charge is -2.39. The number of aliphatic imine (C=N–C) groups is 1. The minimum Gasteiger partial charge on any atom is -0.353 e. The Hall–Kier alpha value is -0.380.